The van der Waals surface area contributed by atoms with Gasteiger partial charge in [-0.1, -0.05) is 17.5 Å². The summed E-state index contributed by atoms with van der Waals surface area (Å²) in [6, 6.07) is 6.00. The van der Waals surface area contributed by atoms with Crippen LogP contribution in [0.25, 0.3) is 0 Å². The van der Waals surface area contributed by atoms with Gasteiger partial charge in [0, 0.05) is 30.3 Å². The number of ether oxygens (including phenoxy) is 2. The highest BCUT2D eigenvalue weighted by Gasteiger charge is 2.30. The van der Waals surface area contributed by atoms with Crippen molar-refractivity contribution in [2.45, 2.75) is 18.9 Å². The van der Waals surface area contributed by atoms with E-state index in [2.05, 4.69) is 32.2 Å². The van der Waals surface area contributed by atoms with Gasteiger partial charge in [0.2, 0.25) is 5.96 Å². The van der Waals surface area contributed by atoms with Gasteiger partial charge >= 0.3 is 0 Å². The van der Waals surface area contributed by atoms with Gasteiger partial charge in [0.15, 0.2) is 6.61 Å². The van der Waals surface area contributed by atoms with Gasteiger partial charge in [0.05, 0.1) is 24.8 Å². The Bertz CT molecular complexity index is 902. The first-order valence-electron chi connectivity index (χ1n) is 8.61. The summed E-state index contributed by atoms with van der Waals surface area (Å²) < 4.78 is 11.2. The topological polar surface area (TPSA) is 102 Å². The van der Waals surface area contributed by atoms with Gasteiger partial charge in [-0.15, -0.1) is 0 Å². The molecular weight excluding hydrogens is 370 g/mol. The lowest BCUT2D eigenvalue weighted by molar-refractivity contribution is -0.118. The van der Waals surface area contributed by atoms with Crippen LogP contribution in [-0.4, -0.2) is 49.0 Å². The molecule has 0 aromatic heterocycles. The van der Waals surface area contributed by atoms with Crippen LogP contribution in [-0.2, 0) is 9.53 Å². The van der Waals surface area contributed by atoms with Gasteiger partial charge in [0.1, 0.15) is 11.6 Å². The Labute approximate surface area is 161 Å². The second-order valence-corrected chi connectivity index (χ2v) is 6.71. The van der Waals surface area contributed by atoms with E-state index >= 15 is 0 Å². The van der Waals surface area contributed by atoms with Crippen molar-refractivity contribution in [3.05, 3.63) is 22.7 Å². The number of anilines is 1. The molecule has 1 saturated heterocycles. The minimum absolute atomic E-state index is 0.0184. The van der Waals surface area contributed by atoms with E-state index < -0.39 is 0 Å². The van der Waals surface area contributed by atoms with Crippen LogP contribution >= 0.6 is 11.6 Å². The molecule has 3 heterocycles. The monoisotopic (exact) mass is 387 g/mol. The van der Waals surface area contributed by atoms with Crippen molar-refractivity contribution < 1.29 is 14.3 Å². The van der Waals surface area contributed by atoms with Gasteiger partial charge in [0.25, 0.3) is 5.91 Å². The third-order valence-corrected chi connectivity index (χ3v) is 4.83. The fourth-order valence-electron chi connectivity index (χ4n) is 3.30. The summed E-state index contributed by atoms with van der Waals surface area (Å²) in [4.78, 5) is 22.0. The molecule has 1 aromatic carbocycles. The van der Waals surface area contributed by atoms with Crippen molar-refractivity contribution in [2.75, 3.05) is 31.7 Å². The number of nitrogens with one attached hydrogen (secondary N) is 1. The summed E-state index contributed by atoms with van der Waals surface area (Å²) in [7, 11) is 0. The summed E-state index contributed by atoms with van der Waals surface area (Å²) in [6.07, 6.45) is 1.27. The lowest BCUT2D eigenvalue weighted by atomic mass is 10.0. The Balaban J connectivity index is 1.73. The highest BCUT2D eigenvalue weighted by Crippen LogP contribution is 2.38. The predicted octanol–water partition coefficient (Wildman–Crippen LogP) is 1.51. The first-order chi connectivity index (χ1) is 13.1. The van der Waals surface area contributed by atoms with Gasteiger partial charge in [-0.3, -0.25) is 4.79 Å². The number of carbonyl (C=O) groups is 1. The van der Waals surface area contributed by atoms with Crippen LogP contribution in [0.2, 0.25) is 5.02 Å². The van der Waals surface area contributed by atoms with E-state index in [4.69, 9.17) is 26.8 Å². The minimum atomic E-state index is -0.199. The van der Waals surface area contributed by atoms with Crippen LogP contribution < -0.4 is 15.8 Å². The fourth-order valence-corrected chi connectivity index (χ4v) is 3.58. The van der Waals surface area contributed by atoms with E-state index in [1.54, 1.807) is 6.07 Å². The predicted molar refractivity (Wildman–Crippen MR) is 102 cm³/mol. The average molecular weight is 388 g/mol. The molecule has 9 heteroatoms. The number of carbonyl (C=O) groups excluding carboxylic acids is 1. The normalized spacial score (nSPS) is 22.0. The van der Waals surface area contributed by atoms with Crippen LogP contribution in [0.5, 0.6) is 5.75 Å². The number of fused-ring (bicyclic) bond motifs is 1. The molecule has 0 spiro atoms. The molecule has 4 rings (SSSR count). The van der Waals surface area contributed by atoms with Gasteiger partial charge in [-0.25, -0.2) is 0 Å². The van der Waals surface area contributed by atoms with E-state index in [1.807, 2.05) is 6.07 Å². The molecule has 27 heavy (non-hydrogen) atoms. The van der Waals surface area contributed by atoms with Crippen LogP contribution in [0.3, 0.4) is 0 Å². The summed E-state index contributed by atoms with van der Waals surface area (Å²) >= 11 is 6.56. The molecule has 3 aliphatic heterocycles. The zero-order valence-corrected chi connectivity index (χ0v) is 15.3. The summed E-state index contributed by atoms with van der Waals surface area (Å²) in [5.41, 5.74) is 7.22. The van der Waals surface area contributed by atoms with E-state index in [-0.39, 0.29) is 24.5 Å². The molecule has 1 atom stereocenters. The molecular formula is C18H18ClN5O3. The SMILES string of the molecule is NC1=NC#CCC(N2CCCOC[C@@H]2c2cc3c(cc2Cl)OCC(=O)N3)=N1. The number of aliphatic imine (C=N–C) groups is 2. The van der Waals surface area contributed by atoms with E-state index in [0.29, 0.717) is 42.6 Å². The average Bonchev–Trinajstić information content (AvgIpc) is 3.01. The van der Waals surface area contributed by atoms with Crippen molar-refractivity contribution in [1.29, 1.82) is 0 Å². The Morgan fingerprint density at radius 3 is 3.19 bits per heavy atom. The van der Waals surface area contributed by atoms with Gasteiger partial charge < -0.3 is 25.4 Å². The number of benzene rings is 1. The van der Waals surface area contributed by atoms with Crippen LogP contribution in [0.15, 0.2) is 22.1 Å². The lowest BCUT2D eigenvalue weighted by Gasteiger charge is -2.33. The first kappa shape index (κ1) is 17.6. The van der Waals surface area contributed by atoms with E-state index in [0.717, 1.165) is 17.8 Å². The first-order valence-corrected chi connectivity index (χ1v) is 8.98. The zero-order chi connectivity index (χ0) is 18.8. The number of nitrogens with zero attached hydrogens (tertiary/aromatic N) is 3. The molecule has 0 aliphatic carbocycles. The van der Waals surface area contributed by atoms with Crippen molar-refractivity contribution in [1.82, 2.24) is 4.90 Å². The summed E-state index contributed by atoms with van der Waals surface area (Å²) in [5, 5.41) is 3.35. The van der Waals surface area contributed by atoms with E-state index in [1.165, 1.54) is 0 Å². The number of nitrogens with two attached hydrogens (primary N) is 1. The highest BCUT2D eigenvalue weighted by molar-refractivity contribution is 6.31. The Hall–Kier alpha value is -2.76. The molecule has 0 bridgehead atoms. The lowest BCUT2D eigenvalue weighted by Crippen LogP contribution is -2.37. The van der Waals surface area contributed by atoms with Crippen molar-refractivity contribution in [3.8, 4) is 17.7 Å². The number of amidine groups is 1. The van der Waals surface area contributed by atoms with E-state index in [9.17, 15) is 4.79 Å². The number of guanidine groups is 1. The molecule has 0 radical (unpaired) electrons. The van der Waals surface area contributed by atoms with Crippen molar-refractivity contribution >= 4 is 35.0 Å². The maximum Gasteiger partial charge on any atom is 0.262 e. The zero-order valence-electron chi connectivity index (χ0n) is 14.5. The van der Waals surface area contributed by atoms with Gasteiger partial charge in [-0.05, 0) is 18.1 Å². The second-order valence-electron chi connectivity index (χ2n) is 6.31. The maximum atomic E-state index is 11.7. The van der Waals surface area contributed by atoms with Crippen molar-refractivity contribution in [2.24, 2.45) is 15.7 Å². The highest BCUT2D eigenvalue weighted by atomic mass is 35.5. The Kier molecular flexibility index (Phi) is 4.88. The maximum absolute atomic E-state index is 11.7. The van der Waals surface area contributed by atoms with Crippen molar-refractivity contribution in [3.63, 3.8) is 0 Å². The van der Waals surface area contributed by atoms with Crippen LogP contribution in [0.1, 0.15) is 24.4 Å². The Morgan fingerprint density at radius 1 is 1.41 bits per heavy atom. The molecule has 1 aromatic rings. The molecule has 0 saturated carbocycles. The van der Waals surface area contributed by atoms with Gasteiger partial charge in [-0.2, -0.15) is 9.98 Å². The molecule has 8 nitrogen and oxygen atoms in total. The summed E-state index contributed by atoms with van der Waals surface area (Å²) in [6.45, 7) is 1.76. The minimum Gasteiger partial charge on any atom is -0.482 e. The molecule has 3 N–H and O–H groups in total. The fraction of sp³-hybridized carbons (Fsp3) is 0.389. The molecule has 1 amide bonds. The molecule has 3 aliphatic rings. The largest absolute Gasteiger partial charge is 0.482 e. The standard InChI is InChI=1S/C18H18ClN5O3/c19-12-8-15-13(22-17(25)10-27-15)7-11(12)14-9-26-6-2-5-24(14)16-3-1-4-21-18(20)23-16/h7-8,14H,2-3,5-6,9-10H2,(H2,20,21)(H,22,25)/t14-/m1/s1. The Morgan fingerprint density at radius 2 is 2.30 bits per heavy atom. The molecule has 1 fully saturated rings. The number of rotatable bonds is 1. The number of halogens is 1. The number of amides is 1. The van der Waals surface area contributed by atoms with Crippen LogP contribution in [0.4, 0.5) is 5.69 Å². The quantitative estimate of drug-likeness (QED) is 0.711. The smallest absolute Gasteiger partial charge is 0.262 e. The third kappa shape index (κ3) is 3.70. The number of hydrogen-bond donors (Lipinski definition) is 2. The number of hydrogen-bond acceptors (Lipinski definition) is 7. The second kappa shape index (κ2) is 7.47. The molecule has 140 valence electrons. The molecule has 0 unspecified atom stereocenters. The van der Waals surface area contributed by atoms with Crippen LogP contribution in [0, 0.1) is 12.0 Å². The summed E-state index contributed by atoms with van der Waals surface area (Å²) in [5.74, 6) is 4.17. The third-order valence-electron chi connectivity index (χ3n) is 4.50.